The summed E-state index contributed by atoms with van der Waals surface area (Å²) in [5.74, 6) is -0.0401. The Morgan fingerprint density at radius 1 is 1.21 bits per heavy atom. The van der Waals surface area contributed by atoms with Crippen LogP contribution in [-0.4, -0.2) is 81.0 Å². The lowest BCUT2D eigenvalue weighted by Crippen LogP contribution is -2.33. The van der Waals surface area contributed by atoms with E-state index in [9.17, 15) is 29.5 Å². The van der Waals surface area contributed by atoms with Crippen molar-refractivity contribution in [3.05, 3.63) is 49.3 Å². The molecule has 3 aromatic rings. The van der Waals surface area contributed by atoms with Gasteiger partial charge in [0.25, 0.3) is 11.1 Å². The number of hydrogen-bond acceptors (Lipinski definition) is 13. The van der Waals surface area contributed by atoms with Crippen LogP contribution < -0.4 is 22.5 Å². The number of imidazole rings is 1. The predicted octanol–water partition coefficient (Wildman–Crippen LogP) is -1.18. The number of nitrogen functional groups attached to an aromatic ring is 1. The van der Waals surface area contributed by atoms with Gasteiger partial charge in [-0.1, -0.05) is 11.4 Å². The van der Waals surface area contributed by atoms with Crippen molar-refractivity contribution in [3.8, 4) is 0 Å². The molecule has 0 saturated carbocycles. The summed E-state index contributed by atoms with van der Waals surface area (Å²) >= 11 is 6.21. The number of rotatable bonds is 8. The van der Waals surface area contributed by atoms with Crippen molar-refractivity contribution < 1.29 is 29.1 Å². The zero-order chi connectivity index (χ0) is 28.1. The molecule has 19 heteroatoms. The number of anilines is 1. The van der Waals surface area contributed by atoms with Gasteiger partial charge in [0, 0.05) is 30.4 Å². The van der Waals surface area contributed by atoms with E-state index in [2.05, 4.69) is 19.9 Å². The van der Waals surface area contributed by atoms with Gasteiger partial charge in [0.15, 0.2) is 11.2 Å². The van der Waals surface area contributed by atoms with Crippen LogP contribution in [0.25, 0.3) is 11.2 Å². The number of nitrogens with one attached hydrogen (secondary N) is 2. The summed E-state index contributed by atoms with van der Waals surface area (Å²) < 4.78 is 20.2. The minimum absolute atomic E-state index is 0.0570. The standard InChI is InChI=1S/C20H26N7O9PS2/c1-8-4-26(20(32)25-17(8)30)13-2-9(29)12(35-13)6-39-37(33,38)36-10-3-14(34-11(10)5-28)27-7-22-15-16(27)23-19(21)24-18(15)31/h4,7,9-14,28-29H,2-3,5-6H2,1H3,(H,33,38)(H,25,30,32)(H3,21,23,24,31). The number of ether oxygens (including phenoxy) is 2. The van der Waals surface area contributed by atoms with E-state index in [1.165, 1.54) is 21.7 Å². The molecule has 0 bridgehead atoms. The van der Waals surface area contributed by atoms with Crippen molar-refractivity contribution in [1.82, 2.24) is 29.1 Å². The predicted molar refractivity (Wildman–Crippen MR) is 143 cm³/mol. The van der Waals surface area contributed by atoms with E-state index in [1.807, 2.05) is 0 Å². The lowest BCUT2D eigenvalue weighted by molar-refractivity contribution is -0.0387. The van der Waals surface area contributed by atoms with Crippen molar-refractivity contribution in [2.24, 2.45) is 0 Å². The minimum atomic E-state index is -3.52. The maximum Gasteiger partial charge on any atom is 0.330 e. The van der Waals surface area contributed by atoms with Crippen LogP contribution >= 0.6 is 17.1 Å². The monoisotopic (exact) mass is 603 g/mol. The third-order valence-electron chi connectivity index (χ3n) is 6.45. The van der Waals surface area contributed by atoms with Gasteiger partial charge in [-0.3, -0.25) is 28.7 Å². The summed E-state index contributed by atoms with van der Waals surface area (Å²) in [4.78, 5) is 59.5. The molecule has 2 aliphatic heterocycles. The van der Waals surface area contributed by atoms with Gasteiger partial charge < -0.3 is 34.8 Å². The zero-order valence-corrected chi connectivity index (χ0v) is 22.9. The highest BCUT2D eigenvalue weighted by Gasteiger charge is 2.41. The Bertz CT molecular complexity index is 1610. The molecule has 5 rings (SSSR count). The number of fused-ring (bicyclic) bond motifs is 1. The van der Waals surface area contributed by atoms with E-state index in [0.717, 1.165) is 11.4 Å². The fourth-order valence-corrected chi connectivity index (χ4v) is 8.17. The highest BCUT2D eigenvalue weighted by Crippen LogP contribution is 2.59. The van der Waals surface area contributed by atoms with Gasteiger partial charge in [-0.25, -0.2) is 9.78 Å². The maximum absolute atomic E-state index is 12.2. The number of hydrogen-bond donors (Lipinski definition) is 6. The van der Waals surface area contributed by atoms with Gasteiger partial charge in [0.2, 0.25) is 11.6 Å². The fourth-order valence-electron chi connectivity index (χ4n) is 4.51. The number of nitrogens with zero attached hydrogens (tertiary/aromatic N) is 4. The number of aliphatic hydroxyl groups is 2. The van der Waals surface area contributed by atoms with E-state index >= 15 is 0 Å². The molecule has 0 amide bonds. The molecule has 2 aliphatic rings. The van der Waals surface area contributed by atoms with Gasteiger partial charge in [-0.15, -0.1) is 0 Å². The molecule has 7 unspecified atom stereocenters. The first kappa shape index (κ1) is 28.1. The summed E-state index contributed by atoms with van der Waals surface area (Å²) in [7, 11) is 0. The molecule has 0 aliphatic carbocycles. The number of H-pyrrole nitrogens is 2. The molecule has 7 N–H and O–H groups in total. The molecule has 0 spiro atoms. The summed E-state index contributed by atoms with van der Waals surface area (Å²) in [6, 6.07) is 0. The van der Waals surface area contributed by atoms with Crippen molar-refractivity contribution in [2.45, 2.75) is 56.6 Å². The van der Waals surface area contributed by atoms with Crippen LogP contribution in [0, 0.1) is 6.92 Å². The molecular formula is C20H26N7O9PS2. The first-order valence-electron chi connectivity index (χ1n) is 11.8. The second-order valence-electron chi connectivity index (χ2n) is 9.14. The zero-order valence-electron chi connectivity index (χ0n) is 20.4. The molecule has 212 valence electrons. The highest BCUT2D eigenvalue weighted by molar-refractivity contribution is 8.67. The van der Waals surface area contributed by atoms with Crippen molar-refractivity contribution >= 4 is 46.0 Å². The van der Waals surface area contributed by atoms with Gasteiger partial charge >= 0.3 is 5.69 Å². The Labute approximate surface area is 228 Å². The maximum atomic E-state index is 12.2. The topological polar surface area (TPSA) is 233 Å². The van der Waals surface area contributed by atoms with Crippen molar-refractivity contribution in [1.29, 1.82) is 0 Å². The number of aromatic nitrogens is 6. The van der Waals surface area contributed by atoms with Crippen LogP contribution in [0.4, 0.5) is 5.95 Å². The molecule has 39 heavy (non-hydrogen) atoms. The fraction of sp³-hybridized carbons (Fsp3) is 0.550. The van der Waals surface area contributed by atoms with E-state index in [-0.39, 0.29) is 35.7 Å². The third kappa shape index (κ3) is 5.75. The number of aromatic amines is 2. The van der Waals surface area contributed by atoms with Crippen molar-refractivity contribution in [3.63, 3.8) is 0 Å². The largest absolute Gasteiger partial charge is 0.394 e. The Balaban J connectivity index is 1.23. The van der Waals surface area contributed by atoms with Crippen LogP contribution in [-0.2, 0) is 25.8 Å². The number of aryl methyl sites for hydroxylation is 1. The second-order valence-corrected chi connectivity index (χ2v) is 15.3. The van der Waals surface area contributed by atoms with Gasteiger partial charge in [0.1, 0.15) is 18.6 Å². The van der Waals surface area contributed by atoms with Crippen LogP contribution in [0.2, 0.25) is 0 Å². The lowest BCUT2D eigenvalue weighted by atomic mass is 10.2. The normalized spacial score (nSPS) is 28.7. The lowest BCUT2D eigenvalue weighted by Gasteiger charge is -2.24. The van der Waals surface area contributed by atoms with Gasteiger partial charge in [0.05, 0.1) is 31.2 Å². The van der Waals surface area contributed by atoms with Crippen LogP contribution in [0.1, 0.15) is 30.9 Å². The Morgan fingerprint density at radius 3 is 2.67 bits per heavy atom. The average molecular weight is 604 g/mol. The summed E-state index contributed by atoms with van der Waals surface area (Å²) in [6.45, 7) is 1.12. The Kier molecular flexibility index (Phi) is 7.84. The summed E-state index contributed by atoms with van der Waals surface area (Å²) in [5.41, 5.74) is 1.03. The first-order chi connectivity index (χ1) is 18.5. The second kappa shape index (κ2) is 10.9. The average Bonchev–Trinajstić information content (AvgIpc) is 3.56. The van der Waals surface area contributed by atoms with Crippen LogP contribution in [0.15, 0.2) is 26.9 Å². The van der Waals surface area contributed by atoms with Gasteiger partial charge in [-0.2, -0.15) is 4.98 Å². The molecule has 3 aromatic heterocycles. The Hall–Kier alpha value is -2.41. The van der Waals surface area contributed by atoms with Gasteiger partial charge in [-0.05, 0) is 18.7 Å². The van der Waals surface area contributed by atoms with E-state index in [0.29, 0.717) is 5.56 Å². The van der Waals surface area contributed by atoms with E-state index in [1.54, 1.807) is 6.92 Å². The Morgan fingerprint density at radius 2 is 1.92 bits per heavy atom. The smallest absolute Gasteiger partial charge is 0.330 e. The molecule has 16 nitrogen and oxygen atoms in total. The van der Waals surface area contributed by atoms with Crippen LogP contribution in [0.3, 0.4) is 0 Å². The van der Waals surface area contributed by atoms with Crippen molar-refractivity contribution in [2.75, 3.05) is 18.1 Å². The van der Waals surface area contributed by atoms with E-state index in [4.69, 9.17) is 31.5 Å². The molecular weight excluding hydrogens is 577 g/mol. The highest BCUT2D eigenvalue weighted by atomic mass is 32.9. The summed E-state index contributed by atoms with van der Waals surface area (Å²) in [6.07, 6.45) is -1.94. The molecule has 2 saturated heterocycles. The molecule has 7 atom stereocenters. The molecule has 2 fully saturated rings. The van der Waals surface area contributed by atoms with E-state index < -0.39 is 66.0 Å². The number of aliphatic hydroxyl groups excluding tert-OH is 2. The first-order valence-corrected chi connectivity index (χ1v) is 16.0. The molecule has 0 radical (unpaired) electrons. The minimum Gasteiger partial charge on any atom is -0.394 e. The quantitative estimate of drug-likeness (QED) is 0.167. The summed E-state index contributed by atoms with van der Waals surface area (Å²) in [5, 5.41) is 20.3. The SMILES string of the molecule is Cc1cn(C2CC(O)C(CSP(O)(=S)OC3CC(n4cnc5c(=O)[nH]c(N)nc54)OC3CO)O2)c(=O)[nH]c1=O. The molecule has 0 aromatic carbocycles. The third-order valence-corrected chi connectivity index (χ3v) is 10.7. The number of nitrogens with two attached hydrogens (primary N) is 1. The van der Waals surface area contributed by atoms with Crippen LogP contribution in [0.5, 0.6) is 0 Å². The molecule has 5 heterocycles.